The molecule has 0 amide bonds. The van der Waals surface area contributed by atoms with Crippen LogP contribution in [0.1, 0.15) is 26.5 Å². The summed E-state index contributed by atoms with van der Waals surface area (Å²) < 4.78 is 0. The van der Waals surface area contributed by atoms with Gasteiger partial charge in [-0.3, -0.25) is 5.10 Å². The highest BCUT2D eigenvalue weighted by atomic mass is 15.1. The standard InChI is InChI=1S/C9H12N4/c1-9(2,3)8-7-6(12-13-8)4-10-5-11-7/h4-5H,1-3H3,(H,12,13). The van der Waals surface area contributed by atoms with E-state index in [4.69, 9.17) is 0 Å². The zero-order valence-corrected chi connectivity index (χ0v) is 8.00. The highest BCUT2D eigenvalue weighted by Crippen LogP contribution is 2.25. The van der Waals surface area contributed by atoms with Crippen LogP contribution in [0, 0.1) is 0 Å². The van der Waals surface area contributed by atoms with Crippen molar-refractivity contribution in [2.45, 2.75) is 26.2 Å². The topological polar surface area (TPSA) is 54.5 Å². The van der Waals surface area contributed by atoms with Crippen molar-refractivity contribution in [2.24, 2.45) is 0 Å². The monoisotopic (exact) mass is 176 g/mol. The molecule has 0 bridgehead atoms. The van der Waals surface area contributed by atoms with Crippen molar-refractivity contribution in [2.75, 3.05) is 0 Å². The summed E-state index contributed by atoms with van der Waals surface area (Å²) in [6.07, 6.45) is 3.27. The maximum absolute atomic E-state index is 4.20. The first kappa shape index (κ1) is 8.16. The third kappa shape index (κ3) is 1.28. The quantitative estimate of drug-likeness (QED) is 0.664. The third-order valence-corrected chi connectivity index (χ3v) is 1.97. The second kappa shape index (κ2) is 2.52. The lowest BCUT2D eigenvalue weighted by atomic mass is 9.92. The number of fused-ring (bicyclic) bond motifs is 1. The van der Waals surface area contributed by atoms with Gasteiger partial charge in [0.05, 0.1) is 11.9 Å². The predicted molar refractivity (Wildman–Crippen MR) is 50.4 cm³/mol. The van der Waals surface area contributed by atoms with Gasteiger partial charge in [0, 0.05) is 5.41 Å². The van der Waals surface area contributed by atoms with Gasteiger partial charge in [-0.15, -0.1) is 0 Å². The van der Waals surface area contributed by atoms with E-state index in [1.807, 2.05) is 0 Å². The lowest BCUT2D eigenvalue weighted by Crippen LogP contribution is -2.12. The van der Waals surface area contributed by atoms with E-state index in [9.17, 15) is 0 Å². The number of aromatic nitrogens is 4. The van der Waals surface area contributed by atoms with Crippen molar-refractivity contribution in [3.8, 4) is 0 Å². The molecule has 13 heavy (non-hydrogen) atoms. The molecular formula is C9H12N4. The van der Waals surface area contributed by atoms with E-state index in [2.05, 4.69) is 40.9 Å². The number of rotatable bonds is 0. The smallest absolute Gasteiger partial charge is 0.129 e. The summed E-state index contributed by atoms with van der Waals surface area (Å²) in [5, 5.41) is 7.14. The molecule has 4 heteroatoms. The molecule has 0 aliphatic rings. The first-order chi connectivity index (χ1) is 6.09. The molecule has 0 aromatic carbocycles. The molecule has 2 aromatic rings. The van der Waals surface area contributed by atoms with Gasteiger partial charge in [-0.1, -0.05) is 20.8 Å². The minimum Gasteiger partial charge on any atom is -0.279 e. The molecule has 68 valence electrons. The van der Waals surface area contributed by atoms with Crippen molar-refractivity contribution >= 4 is 11.0 Å². The SMILES string of the molecule is CC(C)(C)c1[nH]nc2cncnc12. The normalized spacial score (nSPS) is 12.2. The molecule has 2 rings (SSSR count). The van der Waals surface area contributed by atoms with Crippen LogP contribution in [-0.4, -0.2) is 20.2 Å². The minimum absolute atomic E-state index is 0.0447. The van der Waals surface area contributed by atoms with Gasteiger partial charge in [-0.05, 0) is 0 Å². The summed E-state index contributed by atoms with van der Waals surface area (Å²) in [6.45, 7) is 6.38. The van der Waals surface area contributed by atoms with Crippen molar-refractivity contribution in [1.82, 2.24) is 20.2 Å². The van der Waals surface area contributed by atoms with E-state index in [1.54, 1.807) is 12.5 Å². The Labute approximate surface area is 76.4 Å². The first-order valence-corrected chi connectivity index (χ1v) is 4.23. The molecule has 2 aromatic heterocycles. The van der Waals surface area contributed by atoms with E-state index >= 15 is 0 Å². The summed E-state index contributed by atoms with van der Waals surface area (Å²) in [7, 11) is 0. The first-order valence-electron chi connectivity index (χ1n) is 4.23. The Morgan fingerprint density at radius 1 is 1.31 bits per heavy atom. The summed E-state index contributed by atoms with van der Waals surface area (Å²) in [5.74, 6) is 0. The van der Waals surface area contributed by atoms with Gasteiger partial charge in [0.15, 0.2) is 0 Å². The highest BCUT2D eigenvalue weighted by molar-refractivity contribution is 5.76. The van der Waals surface area contributed by atoms with Crippen LogP contribution in [0.25, 0.3) is 11.0 Å². The number of hydrogen-bond donors (Lipinski definition) is 1. The van der Waals surface area contributed by atoms with Gasteiger partial charge >= 0.3 is 0 Å². The number of H-pyrrole nitrogens is 1. The second-order valence-electron chi connectivity index (χ2n) is 4.11. The Hall–Kier alpha value is -1.45. The lowest BCUT2D eigenvalue weighted by Gasteiger charge is -2.15. The van der Waals surface area contributed by atoms with Crippen LogP contribution in [0.5, 0.6) is 0 Å². The Kier molecular flexibility index (Phi) is 1.58. The fourth-order valence-electron chi connectivity index (χ4n) is 1.29. The van der Waals surface area contributed by atoms with Gasteiger partial charge < -0.3 is 0 Å². The zero-order chi connectivity index (χ0) is 9.47. The summed E-state index contributed by atoms with van der Waals surface area (Å²) >= 11 is 0. The molecular weight excluding hydrogens is 164 g/mol. The van der Waals surface area contributed by atoms with Gasteiger partial charge in [0.25, 0.3) is 0 Å². The highest BCUT2D eigenvalue weighted by Gasteiger charge is 2.20. The Morgan fingerprint density at radius 3 is 2.77 bits per heavy atom. The molecule has 1 N–H and O–H groups in total. The van der Waals surface area contributed by atoms with Gasteiger partial charge in [0.2, 0.25) is 0 Å². The van der Waals surface area contributed by atoms with E-state index in [1.165, 1.54) is 0 Å². The van der Waals surface area contributed by atoms with Crippen LogP contribution >= 0.6 is 0 Å². The molecule has 0 unspecified atom stereocenters. The maximum atomic E-state index is 4.20. The average molecular weight is 176 g/mol. The molecule has 4 nitrogen and oxygen atoms in total. The van der Waals surface area contributed by atoms with Gasteiger partial charge in [-0.25, -0.2) is 9.97 Å². The van der Waals surface area contributed by atoms with Crippen LogP contribution in [0.15, 0.2) is 12.5 Å². The van der Waals surface area contributed by atoms with Crippen molar-refractivity contribution in [3.05, 3.63) is 18.2 Å². The Balaban J connectivity index is 2.72. The molecule has 0 aliphatic heterocycles. The minimum atomic E-state index is 0.0447. The third-order valence-electron chi connectivity index (χ3n) is 1.97. The fourth-order valence-corrected chi connectivity index (χ4v) is 1.29. The van der Waals surface area contributed by atoms with Crippen LogP contribution < -0.4 is 0 Å². The summed E-state index contributed by atoms with van der Waals surface area (Å²) in [5.41, 5.74) is 2.85. The number of nitrogens with one attached hydrogen (secondary N) is 1. The van der Waals surface area contributed by atoms with Crippen molar-refractivity contribution < 1.29 is 0 Å². The van der Waals surface area contributed by atoms with Gasteiger partial charge in [0.1, 0.15) is 17.4 Å². The lowest BCUT2D eigenvalue weighted by molar-refractivity contribution is 0.570. The van der Waals surface area contributed by atoms with E-state index in [-0.39, 0.29) is 5.41 Å². The molecule has 0 atom stereocenters. The fraction of sp³-hybridized carbons (Fsp3) is 0.444. The molecule has 0 fully saturated rings. The average Bonchev–Trinajstić information content (AvgIpc) is 2.45. The predicted octanol–water partition coefficient (Wildman–Crippen LogP) is 1.65. The molecule has 0 saturated carbocycles. The summed E-state index contributed by atoms with van der Waals surface area (Å²) in [4.78, 5) is 8.12. The van der Waals surface area contributed by atoms with Crippen LogP contribution in [-0.2, 0) is 5.41 Å². The van der Waals surface area contributed by atoms with Crippen LogP contribution in [0.3, 0.4) is 0 Å². The Morgan fingerprint density at radius 2 is 2.08 bits per heavy atom. The maximum Gasteiger partial charge on any atom is 0.129 e. The van der Waals surface area contributed by atoms with Gasteiger partial charge in [-0.2, -0.15) is 5.10 Å². The van der Waals surface area contributed by atoms with Crippen molar-refractivity contribution in [3.63, 3.8) is 0 Å². The number of hydrogen-bond acceptors (Lipinski definition) is 3. The molecule has 0 radical (unpaired) electrons. The van der Waals surface area contributed by atoms with Crippen LogP contribution in [0.4, 0.5) is 0 Å². The summed E-state index contributed by atoms with van der Waals surface area (Å²) in [6, 6.07) is 0. The van der Waals surface area contributed by atoms with Crippen LogP contribution in [0.2, 0.25) is 0 Å². The van der Waals surface area contributed by atoms with E-state index in [0.717, 1.165) is 16.7 Å². The molecule has 0 saturated heterocycles. The number of nitrogens with zero attached hydrogens (tertiary/aromatic N) is 3. The zero-order valence-electron chi connectivity index (χ0n) is 8.00. The Bertz CT molecular complexity index is 424. The van der Waals surface area contributed by atoms with Crippen molar-refractivity contribution in [1.29, 1.82) is 0 Å². The number of aromatic amines is 1. The molecule has 0 spiro atoms. The molecule has 0 aliphatic carbocycles. The largest absolute Gasteiger partial charge is 0.279 e. The van der Waals surface area contributed by atoms with E-state index < -0.39 is 0 Å². The second-order valence-corrected chi connectivity index (χ2v) is 4.11. The van der Waals surface area contributed by atoms with E-state index in [0.29, 0.717) is 0 Å². The molecule has 2 heterocycles.